The Morgan fingerprint density at radius 3 is 2.37 bits per heavy atom. The molecule has 3 rings (SSSR count). The lowest BCUT2D eigenvalue weighted by atomic mass is 10.1. The number of sulfone groups is 1. The highest BCUT2D eigenvalue weighted by molar-refractivity contribution is 7.91. The molecule has 1 heterocycles. The molecule has 2 N–H and O–H groups in total. The van der Waals surface area contributed by atoms with Gasteiger partial charge in [0, 0.05) is 22.9 Å². The zero-order chi connectivity index (χ0) is 19.6. The molecule has 2 amide bonds. The SMILES string of the molecule is Cc1ccc(C)c(NC(=O)c2cccc(C(=O)NC3CCS(=O)(=O)C3)c2)c1. The third-order valence-electron chi connectivity index (χ3n) is 4.60. The molecule has 27 heavy (non-hydrogen) atoms. The molecule has 1 atom stereocenters. The lowest BCUT2D eigenvalue weighted by Gasteiger charge is -2.12. The maximum atomic E-state index is 12.6. The van der Waals surface area contributed by atoms with Crippen LogP contribution in [0.25, 0.3) is 0 Å². The van der Waals surface area contributed by atoms with Crippen molar-refractivity contribution >= 4 is 27.3 Å². The second-order valence-corrected chi connectivity index (χ2v) is 9.16. The van der Waals surface area contributed by atoms with Crippen molar-refractivity contribution in [1.82, 2.24) is 5.32 Å². The Morgan fingerprint density at radius 2 is 1.70 bits per heavy atom. The monoisotopic (exact) mass is 386 g/mol. The Balaban J connectivity index is 1.72. The van der Waals surface area contributed by atoms with Crippen LogP contribution in [0.15, 0.2) is 42.5 Å². The van der Waals surface area contributed by atoms with Crippen LogP contribution < -0.4 is 10.6 Å². The van der Waals surface area contributed by atoms with Gasteiger partial charge in [0.2, 0.25) is 0 Å². The van der Waals surface area contributed by atoms with Crippen LogP contribution in [0.1, 0.15) is 38.3 Å². The van der Waals surface area contributed by atoms with Gasteiger partial charge in [0.15, 0.2) is 9.84 Å². The highest BCUT2D eigenvalue weighted by atomic mass is 32.2. The normalized spacial score (nSPS) is 18.1. The highest BCUT2D eigenvalue weighted by Crippen LogP contribution is 2.18. The van der Waals surface area contributed by atoms with Gasteiger partial charge in [0.1, 0.15) is 0 Å². The van der Waals surface area contributed by atoms with Gasteiger partial charge in [-0.15, -0.1) is 0 Å². The number of aryl methyl sites for hydroxylation is 2. The molecule has 1 fully saturated rings. The molecule has 0 saturated carbocycles. The number of hydrogen-bond donors (Lipinski definition) is 2. The van der Waals surface area contributed by atoms with E-state index in [0.717, 1.165) is 16.8 Å². The van der Waals surface area contributed by atoms with Crippen LogP contribution in [-0.4, -0.2) is 37.8 Å². The van der Waals surface area contributed by atoms with Crippen LogP contribution in [0.4, 0.5) is 5.69 Å². The summed E-state index contributed by atoms with van der Waals surface area (Å²) >= 11 is 0. The topological polar surface area (TPSA) is 92.3 Å². The van der Waals surface area contributed by atoms with Gasteiger partial charge in [0.25, 0.3) is 11.8 Å². The number of amides is 2. The fourth-order valence-corrected chi connectivity index (χ4v) is 4.72. The molecule has 0 aliphatic carbocycles. The zero-order valence-corrected chi connectivity index (χ0v) is 16.1. The zero-order valence-electron chi connectivity index (χ0n) is 15.3. The van der Waals surface area contributed by atoms with E-state index in [1.54, 1.807) is 18.2 Å². The van der Waals surface area contributed by atoms with E-state index in [4.69, 9.17) is 0 Å². The maximum absolute atomic E-state index is 12.6. The first-order valence-electron chi connectivity index (χ1n) is 8.73. The molecule has 1 aliphatic rings. The standard InChI is InChI=1S/C20H22N2O4S/c1-13-6-7-14(2)18(10-13)22-20(24)16-5-3-4-15(11-16)19(23)21-17-8-9-27(25,26)12-17/h3-7,10-11,17H,8-9,12H2,1-2H3,(H,21,23)(H,22,24). The van der Waals surface area contributed by atoms with Gasteiger partial charge < -0.3 is 10.6 Å². The average molecular weight is 386 g/mol. The quantitative estimate of drug-likeness (QED) is 0.844. The number of carbonyl (C=O) groups is 2. The van der Waals surface area contributed by atoms with Crippen molar-refractivity contribution in [3.8, 4) is 0 Å². The Labute approximate surface area is 158 Å². The van der Waals surface area contributed by atoms with E-state index in [1.165, 1.54) is 6.07 Å². The number of benzene rings is 2. The Bertz CT molecular complexity index is 999. The molecule has 0 bridgehead atoms. The molecular weight excluding hydrogens is 364 g/mol. The predicted octanol–water partition coefficient (Wildman–Crippen LogP) is 2.47. The fraction of sp³-hybridized carbons (Fsp3) is 0.300. The molecule has 0 spiro atoms. The number of carbonyl (C=O) groups excluding carboxylic acids is 2. The molecule has 6 nitrogen and oxygen atoms in total. The molecule has 1 unspecified atom stereocenters. The molecule has 142 valence electrons. The first kappa shape index (κ1) is 19.1. The largest absolute Gasteiger partial charge is 0.348 e. The number of nitrogens with one attached hydrogen (secondary N) is 2. The Hall–Kier alpha value is -2.67. The smallest absolute Gasteiger partial charge is 0.255 e. The second-order valence-electron chi connectivity index (χ2n) is 6.93. The minimum absolute atomic E-state index is 0.0362. The molecule has 0 aromatic heterocycles. The molecule has 1 saturated heterocycles. The molecular formula is C20H22N2O4S. The van der Waals surface area contributed by atoms with Crippen LogP contribution in [-0.2, 0) is 9.84 Å². The van der Waals surface area contributed by atoms with Crippen LogP contribution in [0.5, 0.6) is 0 Å². The van der Waals surface area contributed by atoms with E-state index in [-0.39, 0.29) is 29.4 Å². The van der Waals surface area contributed by atoms with Gasteiger partial charge in [-0.2, -0.15) is 0 Å². The number of hydrogen-bond acceptors (Lipinski definition) is 4. The summed E-state index contributed by atoms with van der Waals surface area (Å²) in [5.41, 5.74) is 3.40. The number of rotatable bonds is 4. The molecule has 7 heteroatoms. The van der Waals surface area contributed by atoms with Gasteiger partial charge in [-0.3, -0.25) is 9.59 Å². The predicted molar refractivity (Wildman–Crippen MR) is 105 cm³/mol. The van der Waals surface area contributed by atoms with Crippen LogP contribution in [0.3, 0.4) is 0 Å². The summed E-state index contributed by atoms with van der Waals surface area (Å²) in [6, 6.07) is 11.8. The van der Waals surface area contributed by atoms with E-state index in [0.29, 0.717) is 17.5 Å². The van der Waals surface area contributed by atoms with Crippen molar-refractivity contribution in [2.24, 2.45) is 0 Å². The summed E-state index contributed by atoms with van der Waals surface area (Å²) in [6.45, 7) is 3.86. The first-order chi connectivity index (χ1) is 12.7. The van der Waals surface area contributed by atoms with Crippen LogP contribution in [0, 0.1) is 13.8 Å². The highest BCUT2D eigenvalue weighted by Gasteiger charge is 2.29. The van der Waals surface area contributed by atoms with Crippen molar-refractivity contribution in [2.45, 2.75) is 26.3 Å². The lowest BCUT2D eigenvalue weighted by Crippen LogP contribution is -2.35. The summed E-state index contributed by atoms with van der Waals surface area (Å²) in [6.07, 6.45) is 0.418. The van der Waals surface area contributed by atoms with E-state index in [1.807, 2.05) is 32.0 Å². The van der Waals surface area contributed by atoms with Gasteiger partial charge in [-0.05, 0) is 55.7 Å². The van der Waals surface area contributed by atoms with E-state index < -0.39 is 9.84 Å². The van der Waals surface area contributed by atoms with Gasteiger partial charge in [-0.1, -0.05) is 18.2 Å². The van der Waals surface area contributed by atoms with Crippen molar-refractivity contribution in [1.29, 1.82) is 0 Å². The summed E-state index contributed by atoms with van der Waals surface area (Å²) in [5.74, 6) is -0.623. The summed E-state index contributed by atoms with van der Waals surface area (Å²) in [4.78, 5) is 25.0. The minimum Gasteiger partial charge on any atom is -0.348 e. The van der Waals surface area contributed by atoms with Gasteiger partial charge in [0.05, 0.1) is 11.5 Å². The Kier molecular flexibility index (Phi) is 5.32. The summed E-state index contributed by atoms with van der Waals surface area (Å²) in [5, 5.41) is 5.60. The third-order valence-corrected chi connectivity index (χ3v) is 6.36. The van der Waals surface area contributed by atoms with Gasteiger partial charge >= 0.3 is 0 Å². The first-order valence-corrected chi connectivity index (χ1v) is 10.6. The summed E-state index contributed by atoms with van der Waals surface area (Å²) in [7, 11) is -3.07. The fourth-order valence-electron chi connectivity index (χ4n) is 3.04. The van der Waals surface area contributed by atoms with Crippen molar-refractivity contribution in [3.63, 3.8) is 0 Å². The minimum atomic E-state index is -3.07. The number of anilines is 1. The van der Waals surface area contributed by atoms with E-state index in [9.17, 15) is 18.0 Å². The molecule has 0 radical (unpaired) electrons. The lowest BCUT2D eigenvalue weighted by molar-refractivity contribution is 0.0941. The molecule has 1 aliphatic heterocycles. The van der Waals surface area contributed by atoms with E-state index in [2.05, 4.69) is 10.6 Å². The van der Waals surface area contributed by atoms with E-state index >= 15 is 0 Å². The summed E-state index contributed by atoms with van der Waals surface area (Å²) < 4.78 is 23.0. The Morgan fingerprint density at radius 1 is 1.00 bits per heavy atom. The average Bonchev–Trinajstić information content (AvgIpc) is 2.96. The van der Waals surface area contributed by atoms with Crippen molar-refractivity contribution in [3.05, 3.63) is 64.7 Å². The molecule has 2 aromatic carbocycles. The van der Waals surface area contributed by atoms with Crippen molar-refractivity contribution in [2.75, 3.05) is 16.8 Å². The third kappa shape index (κ3) is 4.74. The maximum Gasteiger partial charge on any atom is 0.255 e. The van der Waals surface area contributed by atoms with Crippen LogP contribution in [0.2, 0.25) is 0 Å². The van der Waals surface area contributed by atoms with Gasteiger partial charge in [-0.25, -0.2) is 8.42 Å². The second kappa shape index (κ2) is 7.52. The molecule has 2 aromatic rings. The van der Waals surface area contributed by atoms with Crippen molar-refractivity contribution < 1.29 is 18.0 Å². The van der Waals surface area contributed by atoms with Crippen LogP contribution >= 0.6 is 0 Å².